The van der Waals surface area contributed by atoms with Gasteiger partial charge in [0, 0.05) is 5.56 Å². The van der Waals surface area contributed by atoms with Crippen LogP contribution < -0.4 is 0 Å². The second kappa shape index (κ2) is 9.77. The van der Waals surface area contributed by atoms with Crippen molar-refractivity contribution in [3.8, 4) is 0 Å². The smallest absolute Gasteiger partial charge is 0.258 e. The van der Waals surface area contributed by atoms with Gasteiger partial charge in [0.25, 0.3) is 11.4 Å². The lowest BCUT2D eigenvalue weighted by atomic mass is 9.98. The summed E-state index contributed by atoms with van der Waals surface area (Å²) in [5.41, 5.74) is 1.81. The van der Waals surface area contributed by atoms with E-state index in [-0.39, 0.29) is 16.2 Å². The molecule has 0 aliphatic heterocycles. The molecular formula is C22H16Br2N2O4. The van der Waals surface area contributed by atoms with Gasteiger partial charge in [-0.15, -0.1) is 0 Å². The van der Waals surface area contributed by atoms with Crippen LogP contribution in [0.1, 0.15) is 31.9 Å². The molecule has 3 aromatic rings. The van der Waals surface area contributed by atoms with Gasteiger partial charge in [-0.3, -0.25) is 20.2 Å². The zero-order valence-electron chi connectivity index (χ0n) is 15.5. The van der Waals surface area contributed by atoms with Crippen LogP contribution in [0.3, 0.4) is 0 Å². The van der Waals surface area contributed by atoms with Crippen LogP contribution in [-0.4, -0.2) is 9.85 Å². The molecule has 0 saturated heterocycles. The number of rotatable bonds is 7. The number of hydrogen-bond acceptors (Lipinski definition) is 4. The van der Waals surface area contributed by atoms with Gasteiger partial charge in [0.05, 0.1) is 31.1 Å². The third-order valence-electron chi connectivity index (χ3n) is 4.50. The SMILES string of the molecule is O=[N+]([O-])c1cc([N+](=O)[O-])c([C@@H](Br)[C@@H](Br)c2ccccc2)cc1C=Cc1ccccc1. The first-order chi connectivity index (χ1) is 14.4. The Labute approximate surface area is 189 Å². The monoisotopic (exact) mass is 530 g/mol. The molecular weight excluding hydrogens is 516 g/mol. The van der Waals surface area contributed by atoms with E-state index in [9.17, 15) is 20.2 Å². The summed E-state index contributed by atoms with van der Waals surface area (Å²) in [4.78, 5) is 21.3. The molecule has 0 bridgehead atoms. The number of alkyl halides is 2. The molecule has 0 heterocycles. The molecule has 3 rings (SSSR count). The lowest BCUT2D eigenvalue weighted by molar-refractivity contribution is -0.394. The van der Waals surface area contributed by atoms with Crippen LogP contribution in [0.4, 0.5) is 11.4 Å². The number of benzene rings is 3. The first kappa shape index (κ1) is 21.9. The maximum atomic E-state index is 11.7. The molecule has 0 aliphatic carbocycles. The number of nitro groups is 2. The molecule has 0 aromatic heterocycles. The van der Waals surface area contributed by atoms with Crippen molar-refractivity contribution in [2.45, 2.75) is 9.65 Å². The van der Waals surface area contributed by atoms with Gasteiger partial charge in [-0.05, 0) is 23.3 Å². The molecule has 0 aliphatic rings. The lowest BCUT2D eigenvalue weighted by Gasteiger charge is -2.18. The Kier molecular flexibility index (Phi) is 7.12. The first-order valence-electron chi connectivity index (χ1n) is 8.91. The van der Waals surface area contributed by atoms with Crippen LogP contribution >= 0.6 is 31.9 Å². The quantitative estimate of drug-likeness (QED) is 0.139. The van der Waals surface area contributed by atoms with E-state index in [2.05, 4.69) is 31.9 Å². The summed E-state index contributed by atoms with van der Waals surface area (Å²) in [5, 5.41) is 23.3. The molecule has 2 atom stereocenters. The molecule has 0 N–H and O–H groups in total. The zero-order valence-corrected chi connectivity index (χ0v) is 18.7. The van der Waals surface area contributed by atoms with Crippen LogP contribution in [0.25, 0.3) is 12.2 Å². The van der Waals surface area contributed by atoms with Crippen LogP contribution in [0.2, 0.25) is 0 Å². The molecule has 6 nitrogen and oxygen atoms in total. The Morgan fingerprint density at radius 1 is 0.733 bits per heavy atom. The number of hydrogen-bond donors (Lipinski definition) is 0. The fourth-order valence-electron chi connectivity index (χ4n) is 3.00. The van der Waals surface area contributed by atoms with Crippen molar-refractivity contribution < 1.29 is 9.85 Å². The average molecular weight is 532 g/mol. The van der Waals surface area contributed by atoms with Gasteiger partial charge < -0.3 is 0 Å². The summed E-state index contributed by atoms with van der Waals surface area (Å²) in [7, 11) is 0. The molecule has 0 unspecified atom stereocenters. The number of nitro benzene ring substituents is 2. The van der Waals surface area contributed by atoms with Crippen LogP contribution in [-0.2, 0) is 0 Å². The number of nitrogens with zero attached hydrogens (tertiary/aromatic N) is 2. The highest BCUT2D eigenvalue weighted by atomic mass is 79.9. The average Bonchev–Trinajstić information content (AvgIpc) is 2.77. The van der Waals surface area contributed by atoms with Gasteiger partial charge in [0.2, 0.25) is 0 Å². The fourth-order valence-corrected chi connectivity index (χ4v) is 4.26. The van der Waals surface area contributed by atoms with Crippen molar-refractivity contribution in [3.63, 3.8) is 0 Å². The Morgan fingerprint density at radius 2 is 1.30 bits per heavy atom. The predicted molar refractivity (Wildman–Crippen MR) is 125 cm³/mol. The van der Waals surface area contributed by atoms with Gasteiger partial charge in [0.1, 0.15) is 0 Å². The summed E-state index contributed by atoms with van der Waals surface area (Å²) < 4.78 is 0. The van der Waals surface area contributed by atoms with E-state index in [0.717, 1.165) is 17.2 Å². The van der Waals surface area contributed by atoms with Gasteiger partial charge in [-0.25, -0.2) is 0 Å². The molecule has 152 valence electrons. The predicted octanol–water partition coefficient (Wildman–Crippen LogP) is 7.25. The normalized spacial score (nSPS) is 13.1. The molecule has 0 spiro atoms. The van der Waals surface area contributed by atoms with Crippen molar-refractivity contribution >= 4 is 55.4 Å². The minimum atomic E-state index is -0.604. The van der Waals surface area contributed by atoms with Crippen molar-refractivity contribution in [1.82, 2.24) is 0 Å². The summed E-state index contributed by atoms with van der Waals surface area (Å²) >= 11 is 7.15. The minimum Gasteiger partial charge on any atom is -0.258 e. The van der Waals surface area contributed by atoms with Crippen molar-refractivity contribution in [2.24, 2.45) is 0 Å². The van der Waals surface area contributed by atoms with E-state index >= 15 is 0 Å². The van der Waals surface area contributed by atoms with Gasteiger partial charge in [-0.2, -0.15) is 0 Å². The molecule has 30 heavy (non-hydrogen) atoms. The Morgan fingerprint density at radius 3 is 1.87 bits per heavy atom. The van der Waals surface area contributed by atoms with Crippen molar-refractivity contribution in [1.29, 1.82) is 0 Å². The van der Waals surface area contributed by atoms with E-state index in [4.69, 9.17) is 0 Å². The second-order valence-corrected chi connectivity index (χ2v) is 8.42. The lowest BCUT2D eigenvalue weighted by Crippen LogP contribution is -2.05. The standard InChI is InChI=1S/C22H16Br2N2O4/c23-21(16-9-5-2-6-10-16)22(24)18-13-17(12-11-15-7-3-1-4-8-15)19(25(27)28)14-20(18)26(29)30/h1-14,21-22H/t21-,22+/m0/s1. The van der Waals surface area contributed by atoms with Gasteiger partial charge in [0.15, 0.2) is 0 Å². The maximum Gasteiger partial charge on any atom is 0.283 e. The third kappa shape index (κ3) is 5.01. The minimum absolute atomic E-state index is 0.273. The number of halogens is 2. The van der Waals surface area contributed by atoms with Gasteiger partial charge in [-0.1, -0.05) is 98.6 Å². The van der Waals surface area contributed by atoms with E-state index in [0.29, 0.717) is 11.1 Å². The summed E-state index contributed by atoms with van der Waals surface area (Å²) in [5.74, 6) is 0. The third-order valence-corrected chi connectivity index (χ3v) is 7.29. The highest BCUT2D eigenvalue weighted by Gasteiger charge is 2.30. The summed E-state index contributed by atoms with van der Waals surface area (Å²) in [6, 6.07) is 21.3. The molecule has 3 aromatic carbocycles. The Hall–Kier alpha value is -2.84. The van der Waals surface area contributed by atoms with E-state index < -0.39 is 14.7 Å². The Balaban J connectivity index is 2.10. The largest absolute Gasteiger partial charge is 0.283 e. The van der Waals surface area contributed by atoms with E-state index in [1.54, 1.807) is 12.2 Å². The highest BCUT2D eigenvalue weighted by molar-refractivity contribution is 9.12. The maximum absolute atomic E-state index is 11.7. The Bertz CT molecular complexity index is 1090. The van der Waals surface area contributed by atoms with Crippen molar-refractivity contribution in [3.05, 3.63) is 115 Å². The summed E-state index contributed by atoms with van der Waals surface area (Å²) in [6.07, 6.45) is 3.34. The van der Waals surface area contributed by atoms with Crippen molar-refractivity contribution in [2.75, 3.05) is 0 Å². The topological polar surface area (TPSA) is 86.3 Å². The zero-order chi connectivity index (χ0) is 21.7. The molecule has 0 radical (unpaired) electrons. The van der Waals surface area contributed by atoms with Crippen LogP contribution in [0.5, 0.6) is 0 Å². The van der Waals surface area contributed by atoms with E-state index in [1.807, 2.05) is 60.7 Å². The fraction of sp³-hybridized carbons (Fsp3) is 0.0909. The highest BCUT2D eigenvalue weighted by Crippen LogP contribution is 2.46. The summed E-state index contributed by atoms with van der Waals surface area (Å²) in [6.45, 7) is 0. The first-order valence-corrected chi connectivity index (χ1v) is 10.7. The second-order valence-electron chi connectivity index (χ2n) is 6.44. The van der Waals surface area contributed by atoms with Crippen LogP contribution in [0.15, 0.2) is 72.8 Å². The molecule has 0 saturated carbocycles. The van der Waals surface area contributed by atoms with E-state index in [1.165, 1.54) is 6.07 Å². The molecule has 0 fully saturated rings. The molecule has 8 heteroatoms. The molecule has 0 amide bonds. The van der Waals surface area contributed by atoms with Crippen LogP contribution in [0, 0.1) is 20.2 Å². The van der Waals surface area contributed by atoms with Gasteiger partial charge >= 0.3 is 0 Å².